The van der Waals surface area contributed by atoms with E-state index in [1.165, 1.54) is 11.1 Å². The van der Waals surface area contributed by atoms with Crippen LogP contribution in [0.15, 0.2) is 42.0 Å². The number of amides is 1. The molecule has 2 aliphatic heterocycles. The van der Waals surface area contributed by atoms with Crippen molar-refractivity contribution in [1.29, 1.82) is 0 Å². The molecule has 3 atom stereocenters. The summed E-state index contributed by atoms with van der Waals surface area (Å²) >= 11 is 0. The van der Waals surface area contributed by atoms with Gasteiger partial charge in [-0.3, -0.25) is 4.79 Å². The first-order valence-corrected chi connectivity index (χ1v) is 7.97. The van der Waals surface area contributed by atoms with Crippen molar-refractivity contribution in [3.63, 3.8) is 0 Å². The van der Waals surface area contributed by atoms with Crippen LogP contribution < -0.4 is 0 Å². The van der Waals surface area contributed by atoms with E-state index in [9.17, 15) is 4.79 Å². The van der Waals surface area contributed by atoms with Crippen LogP contribution >= 0.6 is 0 Å². The molecule has 1 saturated carbocycles. The molecule has 3 heteroatoms. The predicted molar refractivity (Wildman–Crippen MR) is 81.0 cm³/mol. The molecule has 1 saturated heterocycles. The zero-order chi connectivity index (χ0) is 14.4. The Morgan fingerprint density at radius 1 is 1.33 bits per heavy atom. The number of ether oxygens (including phenoxy) is 1. The molecule has 0 aromatic heterocycles. The Hall–Kier alpha value is -1.61. The number of hydrogen-bond donors (Lipinski definition) is 0. The topological polar surface area (TPSA) is 29.5 Å². The summed E-state index contributed by atoms with van der Waals surface area (Å²) in [6.07, 6.45) is 5.36. The quantitative estimate of drug-likeness (QED) is 0.850. The summed E-state index contributed by atoms with van der Waals surface area (Å²) in [7, 11) is 0. The molecule has 21 heavy (non-hydrogen) atoms. The lowest BCUT2D eigenvalue weighted by atomic mass is 9.83. The SMILES string of the molecule is CCO[C@H]1CC1(C1=CC(=O)N2CCCC12)c1ccccc1. The summed E-state index contributed by atoms with van der Waals surface area (Å²) in [6, 6.07) is 10.9. The largest absolute Gasteiger partial charge is 0.377 e. The standard InChI is InChI=1S/C18H21NO2/c1-2-21-16-12-18(16,13-7-4-3-5-8-13)14-11-17(20)19-10-6-9-15(14)19/h3-5,7-8,11,15-16H,2,6,9-10,12H2,1H3/t15?,16-,18?/m0/s1. The first kappa shape index (κ1) is 13.1. The molecule has 3 nitrogen and oxygen atoms in total. The Bertz CT molecular complexity index is 594. The van der Waals surface area contributed by atoms with Crippen molar-refractivity contribution < 1.29 is 9.53 Å². The van der Waals surface area contributed by atoms with E-state index in [4.69, 9.17) is 4.74 Å². The van der Waals surface area contributed by atoms with Gasteiger partial charge >= 0.3 is 0 Å². The van der Waals surface area contributed by atoms with Gasteiger partial charge < -0.3 is 9.64 Å². The van der Waals surface area contributed by atoms with Crippen molar-refractivity contribution in [3.05, 3.63) is 47.5 Å². The third kappa shape index (κ3) is 1.80. The van der Waals surface area contributed by atoms with E-state index in [-0.39, 0.29) is 17.4 Å². The highest BCUT2D eigenvalue weighted by atomic mass is 16.5. The summed E-state index contributed by atoms with van der Waals surface area (Å²) in [5.74, 6) is 0.199. The molecule has 1 aliphatic carbocycles. The van der Waals surface area contributed by atoms with Crippen LogP contribution in [0.5, 0.6) is 0 Å². The summed E-state index contributed by atoms with van der Waals surface area (Å²) in [6.45, 7) is 3.69. The second kappa shape index (κ2) is 4.70. The van der Waals surface area contributed by atoms with Gasteiger partial charge in [0.2, 0.25) is 5.91 Å². The summed E-state index contributed by atoms with van der Waals surface area (Å²) in [5.41, 5.74) is 2.54. The number of carbonyl (C=O) groups is 1. The Morgan fingerprint density at radius 2 is 2.14 bits per heavy atom. The van der Waals surface area contributed by atoms with Crippen LogP contribution in [0.4, 0.5) is 0 Å². The fraction of sp³-hybridized carbons (Fsp3) is 0.500. The van der Waals surface area contributed by atoms with Crippen LogP contribution in [-0.4, -0.2) is 36.1 Å². The van der Waals surface area contributed by atoms with Crippen LogP contribution in [0, 0.1) is 0 Å². The van der Waals surface area contributed by atoms with E-state index < -0.39 is 0 Å². The molecule has 0 spiro atoms. The third-order valence-electron chi connectivity index (χ3n) is 5.24. The molecule has 1 aromatic carbocycles. The minimum Gasteiger partial charge on any atom is -0.377 e. The average Bonchev–Trinajstić information content (AvgIpc) is 2.88. The third-order valence-corrected chi connectivity index (χ3v) is 5.24. The number of fused-ring (bicyclic) bond motifs is 1. The van der Waals surface area contributed by atoms with Crippen LogP contribution in [-0.2, 0) is 14.9 Å². The molecule has 1 amide bonds. The van der Waals surface area contributed by atoms with Crippen LogP contribution in [0.2, 0.25) is 0 Å². The average molecular weight is 283 g/mol. The number of carbonyl (C=O) groups excluding carboxylic acids is 1. The van der Waals surface area contributed by atoms with Crippen LogP contribution in [0.1, 0.15) is 31.7 Å². The zero-order valence-corrected chi connectivity index (χ0v) is 12.4. The lowest BCUT2D eigenvalue weighted by molar-refractivity contribution is -0.124. The molecule has 0 bridgehead atoms. The van der Waals surface area contributed by atoms with E-state index in [1.807, 2.05) is 24.0 Å². The summed E-state index contributed by atoms with van der Waals surface area (Å²) in [5, 5.41) is 0. The summed E-state index contributed by atoms with van der Waals surface area (Å²) in [4.78, 5) is 14.3. The Balaban J connectivity index is 1.75. The molecule has 2 fully saturated rings. The molecule has 110 valence electrons. The van der Waals surface area contributed by atoms with Crippen LogP contribution in [0.3, 0.4) is 0 Å². The van der Waals surface area contributed by atoms with Gasteiger partial charge in [0.25, 0.3) is 0 Å². The van der Waals surface area contributed by atoms with Crippen molar-refractivity contribution in [2.24, 2.45) is 0 Å². The Labute approximate surface area is 125 Å². The minimum atomic E-state index is -0.0588. The zero-order valence-electron chi connectivity index (χ0n) is 12.4. The van der Waals surface area contributed by atoms with Crippen molar-refractivity contribution in [2.75, 3.05) is 13.2 Å². The molecule has 2 heterocycles. The van der Waals surface area contributed by atoms with Crippen molar-refractivity contribution in [3.8, 4) is 0 Å². The van der Waals surface area contributed by atoms with E-state index >= 15 is 0 Å². The van der Waals surface area contributed by atoms with E-state index in [1.54, 1.807) is 0 Å². The minimum absolute atomic E-state index is 0.0588. The van der Waals surface area contributed by atoms with Gasteiger partial charge in [0, 0.05) is 24.6 Å². The first-order chi connectivity index (χ1) is 10.3. The maximum Gasteiger partial charge on any atom is 0.247 e. The maximum atomic E-state index is 12.2. The fourth-order valence-corrected chi connectivity index (χ4v) is 4.24. The first-order valence-electron chi connectivity index (χ1n) is 7.97. The molecule has 0 radical (unpaired) electrons. The van der Waals surface area contributed by atoms with Gasteiger partial charge in [0.1, 0.15) is 0 Å². The highest BCUT2D eigenvalue weighted by Crippen LogP contribution is 2.59. The number of rotatable bonds is 4. The highest BCUT2D eigenvalue weighted by molar-refractivity contribution is 5.93. The molecular formula is C18H21NO2. The van der Waals surface area contributed by atoms with Gasteiger partial charge in [-0.1, -0.05) is 30.3 Å². The monoisotopic (exact) mass is 283 g/mol. The second-order valence-electron chi connectivity index (χ2n) is 6.27. The molecular weight excluding hydrogens is 262 g/mol. The highest BCUT2D eigenvalue weighted by Gasteiger charge is 2.62. The van der Waals surface area contributed by atoms with Gasteiger partial charge in [-0.05, 0) is 37.3 Å². The van der Waals surface area contributed by atoms with Gasteiger partial charge in [-0.25, -0.2) is 0 Å². The van der Waals surface area contributed by atoms with Crippen molar-refractivity contribution in [2.45, 2.75) is 43.7 Å². The number of nitrogens with zero attached hydrogens (tertiary/aromatic N) is 1. The normalized spacial score (nSPS) is 34.0. The van der Waals surface area contributed by atoms with Gasteiger partial charge in [-0.2, -0.15) is 0 Å². The van der Waals surface area contributed by atoms with E-state index in [0.717, 1.165) is 32.4 Å². The van der Waals surface area contributed by atoms with Gasteiger partial charge in [0.15, 0.2) is 0 Å². The van der Waals surface area contributed by atoms with E-state index in [2.05, 4.69) is 24.3 Å². The van der Waals surface area contributed by atoms with Gasteiger partial charge in [-0.15, -0.1) is 0 Å². The van der Waals surface area contributed by atoms with E-state index in [0.29, 0.717) is 6.04 Å². The maximum absolute atomic E-state index is 12.2. The predicted octanol–water partition coefficient (Wildman–Crippen LogP) is 2.66. The second-order valence-corrected chi connectivity index (χ2v) is 6.27. The van der Waals surface area contributed by atoms with Crippen molar-refractivity contribution in [1.82, 2.24) is 4.90 Å². The molecule has 3 aliphatic rings. The molecule has 4 rings (SSSR count). The fourth-order valence-electron chi connectivity index (χ4n) is 4.24. The lowest BCUT2D eigenvalue weighted by Crippen LogP contribution is -2.32. The van der Waals surface area contributed by atoms with Crippen LogP contribution in [0.25, 0.3) is 0 Å². The molecule has 1 aromatic rings. The van der Waals surface area contributed by atoms with Crippen molar-refractivity contribution >= 4 is 5.91 Å². The van der Waals surface area contributed by atoms with Gasteiger partial charge in [0.05, 0.1) is 12.1 Å². The Kier molecular flexibility index (Phi) is 2.93. The smallest absolute Gasteiger partial charge is 0.247 e. The number of hydrogen-bond acceptors (Lipinski definition) is 2. The number of benzene rings is 1. The molecule has 2 unspecified atom stereocenters. The lowest BCUT2D eigenvalue weighted by Gasteiger charge is -2.26. The molecule has 0 N–H and O–H groups in total. The summed E-state index contributed by atoms with van der Waals surface area (Å²) < 4.78 is 5.95. The Morgan fingerprint density at radius 3 is 2.90 bits per heavy atom.